The van der Waals surface area contributed by atoms with E-state index in [2.05, 4.69) is 24.9 Å². The zero-order valence-corrected chi connectivity index (χ0v) is 9.35. The second kappa shape index (κ2) is 4.51. The molecule has 0 aliphatic carbocycles. The van der Waals surface area contributed by atoms with Gasteiger partial charge in [-0.1, -0.05) is 0 Å². The van der Waals surface area contributed by atoms with Crippen LogP contribution in [0.25, 0.3) is 11.2 Å². The van der Waals surface area contributed by atoms with E-state index in [-0.39, 0.29) is 17.1 Å². The van der Waals surface area contributed by atoms with Crippen molar-refractivity contribution in [2.75, 3.05) is 0 Å². The summed E-state index contributed by atoms with van der Waals surface area (Å²) >= 11 is 0. The number of hydrogen-bond acceptors (Lipinski definition) is 8. The highest BCUT2D eigenvalue weighted by atomic mass is 16.8. The average Bonchev–Trinajstić information content (AvgIpc) is 2.95. The standard InChI is InChI=1S/C9H9N5O5/c15-6-4-5(12-2-11-4)13-9(14-6)10-1-3-18-7(16)8(17)19-3/h1-3,7-8,16-17H,(H2,11,12,13,14,15)/b10-1+/t7-,8-/m1/s1. The Balaban J connectivity index is 1.83. The molecule has 0 spiro atoms. The highest BCUT2D eigenvalue weighted by Crippen LogP contribution is 2.14. The molecule has 0 radical (unpaired) electrons. The minimum atomic E-state index is -1.43. The number of H-pyrrole nitrogens is 2. The molecule has 10 heteroatoms. The van der Waals surface area contributed by atoms with Crippen LogP contribution in [-0.2, 0) is 9.47 Å². The maximum absolute atomic E-state index is 11.6. The maximum Gasteiger partial charge on any atom is 0.278 e. The van der Waals surface area contributed by atoms with E-state index in [0.29, 0.717) is 0 Å². The number of aliphatic hydroxyl groups is 2. The number of aliphatic imine (C=N–C) groups is 1. The second-order valence-electron chi connectivity index (χ2n) is 3.69. The van der Waals surface area contributed by atoms with Crippen molar-refractivity contribution < 1.29 is 19.7 Å². The van der Waals surface area contributed by atoms with Crippen molar-refractivity contribution in [3.05, 3.63) is 16.7 Å². The van der Waals surface area contributed by atoms with Gasteiger partial charge in [-0.2, -0.15) is 4.98 Å². The molecule has 2 aromatic rings. The van der Waals surface area contributed by atoms with Crippen molar-refractivity contribution in [2.45, 2.75) is 18.9 Å². The Hall–Kier alpha value is -2.14. The Morgan fingerprint density at radius 1 is 1.37 bits per heavy atom. The van der Waals surface area contributed by atoms with Gasteiger partial charge in [0.05, 0.1) is 12.5 Å². The molecule has 3 rings (SSSR count). The Labute approximate surface area is 104 Å². The Morgan fingerprint density at radius 2 is 2.11 bits per heavy atom. The number of aliphatic hydroxyl groups excluding tert-OH is 2. The first-order valence-electron chi connectivity index (χ1n) is 5.28. The molecule has 10 nitrogen and oxygen atoms in total. The van der Waals surface area contributed by atoms with E-state index in [4.69, 9.17) is 19.7 Å². The van der Waals surface area contributed by atoms with E-state index in [0.717, 1.165) is 6.21 Å². The fourth-order valence-corrected chi connectivity index (χ4v) is 1.54. The number of ether oxygens (including phenoxy) is 2. The van der Waals surface area contributed by atoms with Crippen molar-refractivity contribution in [1.82, 2.24) is 19.9 Å². The summed E-state index contributed by atoms with van der Waals surface area (Å²) in [7, 11) is 0. The zero-order chi connectivity index (χ0) is 13.4. The van der Waals surface area contributed by atoms with Gasteiger partial charge in [-0.15, -0.1) is 0 Å². The molecule has 100 valence electrons. The summed E-state index contributed by atoms with van der Waals surface area (Å²) in [5, 5.41) is 18.2. The second-order valence-corrected chi connectivity index (χ2v) is 3.69. The van der Waals surface area contributed by atoms with E-state index >= 15 is 0 Å². The van der Waals surface area contributed by atoms with Gasteiger partial charge in [0.2, 0.25) is 24.8 Å². The van der Waals surface area contributed by atoms with Crippen LogP contribution in [0.3, 0.4) is 0 Å². The topological polar surface area (TPSA) is 146 Å². The molecule has 2 aromatic heterocycles. The highest BCUT2D eigenvalue weighted by Gasteiger charge is 2.32. The van der Waals surface area contributed by atoms with Gasteiger partial charge in [0.25, 0.3) is 5.56 Å². The summed E-state index contributed by atoms with van der Waals surface area (Å²) in [5.74, 6) is 0.00711. The smallest absolute Gasteiger partial charge is 0.278 e. The van der Waals surface area contributed by atoms with Gasteiger partial charge in [0.1, 0.15) is 0 Å². The summed E-state index contributed by atoms with van der Waals surface area (Å²) in [6.45, 7) is 0. The van der Waals surface area contributed by atoms with Crippen molar-refractivity contribution in [3.63, 3.8) is 0 Å². The van der Waals surface area contributed by atoms with Crippen molar-refractivity contribution >= 4 is 23.3 Å². The van der Waals surface area contributed by atoms with Gasteiger partial charge in [0, 0.05) is 0 Å². The molecule has 0 unspecified atom stereocenters. The van der Waals surface area contributed by atoms with Gasteiger partial charge < -0.3 is 24.7 Å². The quantitative estimate of drug-likeness (QED) is 0.477. The predicted molar refractivity (Wildman–Crippen MR) is 60.6 cm³/mol. The monoisotopic (exact) mass is 267 g/mol. The average molecular weight is 267 g/mol. The molecule has 4 N–H and O–H groups in total. The number of nitrogens with one attached hydrogen (secondary N) is 2. The molecule has 3 heterocycles. The van der Waals surface area contributed by atoms with Crippen LogP contribution in [0.2, 0.25) is 0 Å². The fraction of sp³-hybridized carbons (Fsp3) is 0.333. The van der Waals surface area contributed by atoms with Gasteiger partial charge in [-0.3, -0.25) is 9.78 Å². The molecule has 2 atom stereocenters. The predicted octanol–water partition coefficient (Wildman–Crippen LogP) is -1.64. The van der Waals surface area contributed by atoms with Gasteiger partial charge in [-0.25, -0.2) is 9.98 Å². The van der Waals surface area contributed by atoms with Gasteiger partial charge in [-0.05, 0) is 0 Å². The number of hydrogen-bond donors (Lipinski definition) is 4. The Bertz CT molecular complexity index is 669. The molecule has 0 aromatic carbocycles. The molecule has 1 aliphatic rings. The number of fused-ring (bicyclic) bond motifs is 1. The molecule has 0 bridgehead atoms. The third-order valence-electron chi connectivity index (χ3n) is 2.39. The minimum Gasteiger partial charge on any atom is -0.364 e. The summed E-state index contributed by atoms with van der Waals surface area (Å²) in [6.07, 6.45) is -1.40. The summed E-state index contributed by atoms with van der Waals surface area (Å²) in [6, 6.07) is 0. The van der Waals surface area contributed by atoms with Crippen molar-refractivity contribution in [1.29, 1.82) is 0 Å². The number of rotatable bonds is 2. The van der Waals surface area contributed by atoms with E-state index < -0.39 is 24.4 Å². The first kappa shape index (κ1) is 11.9. The first-order valence-corrected chi connectivity index (χ1v) is 5.28. The van der Waals surface area contributed by atoms with Crippen LogP contribution >= 0.6 is 0 Å². The van der Waals surface area contributed by atoms with E-state index in [9.17, 15) is 4.79 Å². The molecule has 1 aliphatic heterocycles. The molecular weight excluding hydrogens is 258 g/mol. The number of aromatic nitrogens is 4. The molecule has 1 saturated heterocycles. The molecule has 19 heavy (non-hydrogen) atoms. The van der Waals surface area contributed by atoms with E-state index in [1.165, 1.54) is 6.33 Å². The van der Waals surface area contributed by atoms with E-state index in [1.54, 1.807) is 0 Å². The van der Waals surface area contributed by atoms with Crippen LogP contribution < -0.4 is 5.56 Å². The molecule has 1 fully saturated rings. The minimum absolute atomic E-state index is 0.00711. The number of aromatic amines is 2. The maximum atomic E-state index is 11.6. The Morgan fingerprint density at radius 3 is 2.84 bits per heavy atom. The molecule has 0 saturated carbocycles. The lowest BCUT2D eigenvalue weighted by Crippen LogP contribution is -2.20. The SMILES string of the molecule is O=c1[nH]c(/N=C/C2O[C@@H](O)[C@H](O)O2)nc2nc[nH]c12. The van der Waals surface area contributed by atoms with Gasteiger partial charge in [0.15, 0.2) is 11.2 Å². The van der Waals surface area contributed by atoms with Crippen LogP contribution in [0, 0.1) is 0 Å². The summed E-state index contributed by atoms with van der Waals surface area (Å²) in [4.78, 5) is 28.3. The van der Waals surface area contributed by atoms with Crippen LogP contribution in [0.1, 0.15) is 0 Å². The normalized spacial score (nSPS) is 24.7. The lowest BCUT2D eigenvalue weighted by Gasteiger charge is -2.00. The number of imidazole rings is 1. The molecular formula is C9H9N5O5. The van der Waals surface area contributed by atoms with Crippen LogP contribution in [0.5, 0.6) is 0 Å². The summed E-state index contributed by atoms with van der Waals surface area (Å²) < 4.78 is 9.58. The van der Waals surface area contributed by atoms with Crippen molar-refractivity contribution in [3.8, 4) is 0 Å². The van der Waals surface area contributed by atoms with Crippen LogP contribution in [0.4, 0.5) is 5.95 Å². The van der Waals surface area contributed by atoms with Crippen LogP contribution in [-0.4, -0.2) is 55.2 Å². The first-order chi connectivity index (χ1) is 9.13. The van der Waals surface area contributed by atoms with Gasteiger partial charge >= 0.3 is 0 Å². The molecule has 0 amide bonds. The largest absolute Gasteiger partial charge is 0.364 e. The van der Waals surface area contributed by atoms with E-state index in [1.807, 2.05) is 0 Å². The highest BCUT2D eigenvalue weighted by molar-refractivity contribution is 5.71. The Kier molecular flexibility index (Phi) is 2.83. The fourth-order valence-electron chi connectivity index (χ4n) is 1.54. The van der Waals surface area contributed by atoms with Crippen molar-refractivity contribution in [2.24, 2.45) is 4.99 Å². The third kappa shape index (κ3) is 2.24. The summed E-state index contributed by atoms with van der Waals surface area (Å²) in [5.41, 5.74) is 0.0605. The third-order valence-corrected chi connectivity index (χ3v) is 2.39. The number of nitrogens with zero attached hydrogens (tertiary/aromatic N) is 3. The lowest BCUT2D eigenvalue weighted by molar-refractivity contribution is -0.133. The lowest BCUT2D eigenvalue weighted by atomic mass is 10.5. The zero-order valence-electron chi connectivity index (χ0n) is 9.35. The van der Waals surface area contributed by atoms with Crippen LogP contribution in [0.15, 0.2) is 16.1 Å².